The molecule has 2 aromatic heterocycles. The maximum Gasteiger partial charge on any atom is 0.216 e. The monoisotopic (exact) mass is 358 g/mol. The van der Waals surface area contributed by atoms with Crippen molar-refractivity contribution in [1.29, 1.82) is 0 Å². The van der Waals surface area contributed by atoms with Crippen LogP contribution in [0.15, 0.2) is 21.7 Å². The Labute approximate surface area is 153 Å². The fourth-order valence-electron chi connectivity index (χ4n) is 3.88. The third-order valence-electron chi connectivity index (χ3n) is 5.64. The number of H-pyrrole nitrogens is 1. The molecule has 0 aliphatic heterocycles. The SMILES string of the molecule is C[C@@H]1C[C@H]1c1ccc(/C=N\n2c(CCC3CCCCC3)n[nH]c2=S)o1. The molecule has 2 saturated carbocycles. The number of aromatic nitrogens is 3. The van der Waals surface area contributed by atoms with Crippen molar-refractivity contribution in [1.82, 2.24) is 14.9 Å². The van der Waals surface area contributed by atoms with E-state index < -0.39 is 0 Å². The number of rotatable bonds is 6. The van der Waals surface area contributed by atoms with Gasteiger partial charge in [-0.3, -0.25) is 5.10 Å². The van der Waals surface area contributed by atoms with Crippen molar-refractivity contribution >= 4 is 18.4 Å². The van der Waals surface area contributed by atoms with E-state index in [1.807, 2.05) is 6.07 Å². The molecule has 2 aliphatic rings. The van der Waals surface area contributed by atoms with Crippen molar-refractivity contribution in [2.75, 3.05) is 0 Å². The number of nitrogens with one attached hydrogen (secondary N) is 1. The van der Waals surface area contributed by atoms with E-state index in [2.05, 4.69) is 28.3 Å². The van der Waals surface area contributed by atoms with Crippen LogP contribution in [0, 0.1) is 16.6 Å². The first-order chi connectivity index (χ1) is 12.2. The zero-order chi connectivity index (χ0) is 17.2. The van der Waals surface area contributed by atoms with Gasteiger partial charge in [-0.1, -0.05) is 39.0 Å². The second-order valence-corrected chi connectivity index (χ2v) is 7.99. The highest BCUT2D eigenvalue weighted by Crippen LogP contribution is 2.47. The van der Waals surface area contributed by atoms with Crippen LogP contribution >= 0.6 is 12.2 Å². The second-order valence-electron chi connectivity index (χ2n) is 7.60. The predicted molar refractivity (Wildman–Crippen MR) is 101 cm³/mol. The van der Waals surface area contributed by atoms with Gasteiger partial charge in [0.1, 0.15) is 11.5 Å². The molecule has 1 N–H and O–H groups in total. The zero-order valence-corrected chi connectivity index (χ0v) is 15.6. The summed E-state index contributed by atoms with van der Waals surface area (Å²) in [6.45, 7) is 2.25. The van der Waals surface area contributed by atoms with Gasteiger partial charge < -0.3 is 4.42 Å². The molecule has 0 bridgehead atoms. The Morgan fingerprint density at radius 2 is 2.16 bits per heavy atom. The highest BCUT2D eigenvalue weighted by atomic mass is 32.1. The molecule has 0 saturated heterocycles. The quantitative estimate of drug-likeness (QED) is 0.580. The third-order valence-corrected chi connectivity index (χ3v) is 5.91. The van der Waals surface area contributed by atoms with Crippen molar-refractivity contribution < 1.29 is 4.42 Å². The molecular formula is C19H26N4OS. The van der Waals surface area contributed by atoms with Crippen molar-refractivity contribution in [3.8, 4) is 0 Å². The summed E-state index contributed by atoms with van der Waals surface area (Å²) < 4.78 is 8.16. The Bertz CT molecular complexity index is 796. The molecule has 134 valence electrons. The summed E-state index contributed by atoms with van der Waals surface area (Å²) in [6.07, 6.45) is 11.9. The largest absolute Gasteiger partial charge is 0.460 e. The maximum atomic E-state index is 5.88. The number of furan rings is 1. The van der Waals surface area contributed by atoms with Gasteiger partial charge in [0.15, 0.2) is 5.82 Å². The molecular weight excluding hydrogens is 332 g/mol. The standard InChI is InChI=1S/C19H26N4OS/c1-13-11-16(13)17-9-8-15(24-17)12-20-23-18(21-22-19(23)25)10-7-14-5-3-2-4-6-14/h8-9,12-14,16H,2-7,10-11H2,1H3,(H,22,25)/b20-12-/t13-,16-/m1/s1. The van der Waals surface area contributed by atoms with E-state index >= 15 is 0 Å². The van der Waals surface area contributed by atoms with Crippen LogP contribution in [0.4, 0.5) is 0 Å². The lowest BCUT2D eigenvalue weighted by molar-refractivity contribution is 0.336. The molecule has 0 spiro atoms. The zero-order valence-electron chi connectivity index (χ0n) is 14.8. The van der Waals surface area contributed by atoms with Crippen LogP contribution in [0.3, 0.4) is 0 Å². The maximum absolute atomic E-state index is 5.88. The molecule has 6 heteroatoms. The second kappa shape index (κ2) is 7.28. The number of nitrogens with zero attached hydrogens (tertiary/aromatic N) is 3. The fourth-order valence-corrected chi connectivity index (χ4v) is 4.08. The van der Waals surface area contributed by atoms with Gasteiger partial charge in [0.25, 0.3) is 0 Å². The van der Waals surface area contributed by atoms with Crippen molar-refractivity contribution in [3.63, 3.8) is 0 Å². The molecule has 0 aromatic carbocycles. The average molecular weight is 359 g/mol. The summed E-state index contributed by atoms with van der Waals surface area (Å²) >= 11 is 5.33. The molecule has 2 atom stereocenters. The molecule has 5 nitrogen and oxygen atoms in total. The van der Waals surface area contributed by atoms with E-state index in [0.717, 1.165) is 35.6 Å². The minimum absolute atomic E-state index is 0.539. The van der Waals surface area contributed by atoms with Gasteiger partial charge in [0, 0.05) is 12.3 Å². The Morgan fingerprint density at radius 1 is 1.36 bits per heavy atom. The number of aromatic amines is 1. The lowest BCUT2D eigenvalue weighted by Gasteiger charge is -2.20. The molecule has 2 aromatic rings. The first kappa shape index (κ1) is 16.8. The first-order valence-corrected chi connectivity index (χ1v) is 9.92. The third kappa shape index (κ3) is 3.94. The lowest BCUT2D eigenvalue weighted by atomic mass is 9.86. The molecule has 25 heavy (non-hydrogen) atoms. The summed E-state index contributed by atoms with van der Waals surface area (Å²) in [7, 11) is 0. The van der Waals surface area contributed by atoms with E-state index in [1.54, 1.807) is 10.9 Å². The van der Waals surface area contributed by atoms with Crippen molar-refractivity contribution in [3.05, 3.63) is 34.2 Å². The lowest BCUT2D eigenvalue weighted by Crippen LogP contribution is -2.09. The van der Waals surface area contributed by atoms with Gasteiger partial charge in [0.05, 0.1) is 6.21 Å². The summed E-state index contributed by atoms with van der Waals surface area (Å²) in [6, 6.07) is 4.05. The van der Waals surface area contributed by atoms with Crippen molar-refractivity contribution in [2.24, 2.45) is 16.9 Å². The smallest absolute Gasteiger partial charge is 0.216 e. The van der Waals surface area contributed by atoms with Crippen LogP contribution in [0.1, 0.15) is 75.1 Å². The summed E-state index contributed by atoms with van der Waals surface area (Å²) in [5.74, 6) is 4.91. The Kier molecular flexibility index (Phi) is 4.88. The highest BCUT2D eigenvalue weighted by molar-refractivity contribution is 7.71. The van der Waals surface area contributed by atoms with Crippen LogP contribution in [0.5, 0.6) is 0 Å². The van der Waals surface area contributed by atoms with Crippen LogP contribution in [0.25, 0.3) is 0 Å². The van der Waals surface area contributed by atoms with Gasteiger partial charge >= 0.3 is 0 Å². The van der Waals surface area contributed by atoms with E-state index in [4.69, 9.17) is 16.6 Å². The fraction of sp³-hybridized carbons (Fsp3) is 0.632. The Morgan fingerprint density at radius 3 is 2.92 bits per heavy atom. The van der Waals surface area contributed by atoms with E-state index in [9.17, 15) is 0 Å². The average Bonchev–Trinajstić information content (AvgIpc) is 3.04. The van der Waals surface area contributed by atoms with Gasteiger partial charge in [-0.05, 0) is 49.0 Å². The first-order valence-electron chi connectivity index (χ1n) is 9.51. The van der Waals surface area contributed by atoms with E-state index in [-0.39, 0.29) is 0 Å². The Balaban J connectivity index is 1.42. The van der Waals surface area contributed by atoms with Gasteiger partial charge in [-0.25, -0.2) is 0 Å². The summed E-state index contributed by atoms with van der Waals surface area (Å²) in [5, 5.41) is 11.8. The highest BCUT2D eigenvalue weighted by Gasteiger charge is 2.36. The molecule has 0 radical (unpaired) electrons. The van der Waals surface area contributed by atoms with Gasteiger partial charge in [-0.2, -0.15) is 14.9 Å². The van der Waals surface area contributed by atoms with Gasteiger partial charge in [-0.15, -0.1) is 0 Å². The Hall–Kier alpha value is -1.69. The summed E-state index contributed by atoms with van der Waals surface area (Å²) in [5.41, 5.74) is 0. The minimum atomic E-state index is 0.539. The van der Waals surface area contributed by atoms with Gasteiger partial charge in [0.2, 0.25) is 4.77 Å². The normalized spacial score (nSPS) is 24.2. The predicted octanol–water partition coefficient (Wildman–Crippen LogP) is 5.05. The van der Waals surface area contributed by atoms with E-state index in [1.165, 1.54) is 44.9 Å². The minimum Gasteiger partial charge on any atom is -0.460 e. The number of hydrogen-bond acceptors (Lipinski definition) is 4. The molecule has 0 amide bonds. The number of aryl methyl sites for hydroxylation is 1. The molecule has 2 aliphatic carbocycles. The van der Waals surface area contributed by atoms with Crippen LogP contribution in [0.2, 0.25) is 0 Å². The molecule has 4 rings (SSSR count). The van der Waals surface area contributed by atoms with Crippen LogP contribution in [-0.2, 0) is 6.42 Å². The summed E-state index contributed by atoms with van der Waals surface area (Å²) in [4.78, 5) is 0. The number of hydrogen-bond donors (Lipinski definition) is 1. The molecule has 2 heterocycles. The molecule has 0 unspecified atom stereocenters. The molecule has 2 fully saturated rings. The van der Waals surface area contributed by atoms with E-state index in [0.29, 0.717) is 10.7 Å². The van der Waals surface area contributed by atoms with Crippen molar-refractivity contribution in [2.45, 2.75) is 64.2 Å². The topological polar surface area (TPSA) is 59.1 Å². The van der Waals surface area contributed by atoms with Crippen LogP contribution in [-0.4, -0.2) is 21.1 Å². The van der Waals surface area contributed by atoms with Crippen LogP contribution < -0.4 is 0 Å².